The first-order chi connectivity index (χ1) is 13.7. The quantitative estimate of drug-likeness (QED) is 0.515. The second kappa shape index (κ2) is 8.21. The van der Waals surface area contributed by atoms with E-state index in [4.69, 9.17) is 5.73 Å². The van der Waals surface area contributed by atoms with Crippen molar-refractivity contribution in [3.05, 3.63) is 47.4 Å². The minimum absolute atomic E-state index is 0.0298. The monoisotopic (exact) mass is 417 g/mol. The Morgan fingerprint density at radius 1 is 1.14 bits per heavy atom. The molecule has 0 aliphatic carbocycles. The molecule has 2 heterocycles. The number of aliphatic hydroxyl groups excluding tert-OH is 2. The molecule has 2 aromatic rings. The molecule has 1 fully saturated rings. The molecule has 0 amide bonds. The van der Waals surface area contributed by atoms with Crippen LogP contribution in [0.2, 0.25) is 0 Å². The first-order valence-corrected chi connectivity index (χ1v) is 8.91. The molecule has 29 heavy (non-hydrogen) atoms. The van der Waals surface area contributed by atoms with Gasteiger partial charge >= 0.3 is 0 Å². The SMILES string of the molecule is NC1(C(O)C(F)F)CCCN(c2cnc(-c3cc(F)c(F)cc3F)cc2CO)C1. The lowest BCUT2D eigenvalue weighted by molar-refractivity contribution is -0.0529. The summed E-state index contributed by atoms with van der Waals surface area (Å²) >= 11 is 0. The first-order valence-electron chi connectivity index (χ1n) is 8.91. The summed E-state index contributed by atoms with van der Waals surface area (Å²) in [5.41, 5.74) is 4.79. The summed E-state index contributed by atoms with van der Waals surface area (Å²) in [4.78, 5) is 5.67. The predicted molar refractivity (Wildman–Crippen MR) is 95.8 cm³/mol. The molecule has 0 bridgehead atoms. The van der Waals surface area contributed by atoms with Crippen LogP contribution in [0.1, 0.15) is 18.4 Å². The van der Waals surface area contributed by atoms with Crippen molar-refractivity contribution in [3.8, 4) is 11.3 Å². The van der Waals surface area contributed by atoms with Gasteiger partial charge in [0, 0.05) is 30.3 Å². The van der Waals surface area contributed by atoms with E-state index in [0.717, 1.165) is 0 Å². The lowest BCUT2D eigenvalue weighted by Gasteiger charge is -2.44. The Morgan fingerprint density at radius 3 is 2.48 bits per heavy atom. The molecular weight excluding hydrogens is 397 g/mol. The van der Waals surface area contributed by atoms with E-state index >= 15 is 0 Å². The maximum absolute atomic E-state index is 14.0. The zero-order valence-corrected chi connectivity index (χ0v) is 15.3. The van der Waals surface area contributed by atoms with E-state index in [-0.39, 0.29) is 29.8 Å². The third-order valence-corrected chi connectivity index (χ3v) is 5.15. The van der Waals surface area contributed by atoms with Gasteiger partial charge < -0.3 is 20.8 Å². The highest BCUT2D eigenvalue weighted by Crippen LogP contribution is 2.33. The third-order valence-electron chi connectivity index (χ3n) is 5.15. The average molecular weight is 417 g/mol. The van der Waals surface area contributed by atoms with Crippen LogP contribution in [-0.4, -0.2) is 46.4 Å². The van der Waals surface area contributed by atoms with E-state index in [1.165, 1.54) is 12.3 Å². The predicted octanol–water partition coefficient (Wildman–Crippen LogP) is 2.58. The highest BCUT2D eigenvalue weighted by Gasteiger charge is 2.43. The molecule has 5 nitrogen and oxygen atoms in total. The highest BCUT2D eigenvalue weighted by molar-refractivity contribution is 5.65. The van der Waals surface area contributed by atoms with Gasteiger partial charge in [-0.3, -0.25) is 4.98 Å². The fraction of sp³-hybridized carbons (Fsp3) is 0.421. The number of halogens is 5. The number of aliphatic hydroxyl groups is 2. The van der Waals surface area contributed by atoms with E-state index in [2.05, 4.69) is 4.98 Å². The zero-order valence-electron chi connectivity index (χ0n) is 15.3. The van der Waals surface area contributed by atoms with Crippen LogP contribution in [0.5, 0.6) is 0 Å². The van der Waals surface area contributed by atoms with Crippen molar-refractivity contribution < 1.29 is 32.2 Å². The Labute approximate surface area is 163 Å². The number of rotatable bonds is 5. The van der Waals surface area contributed by atoms with E-state index in [1.54, 1.807) is 4.90 Å². The van der Waals surface area contributed by atoms with Crippen molar-refractivity contribution in [1.82, 2.24) is 4.98 Å². The Balaban J connectivity index is 1.95. The molecule has 0 radical (unpaired) electrons. The summed E-state index contributed by atoms with van der Waals surface area (Å²) in [5.74, 6) is -3.61. The number of nitrogens with zero attached hydrogens (tertiary/aromatic N) is 2. The van der Waals surface area contributed by atoms with Gasteiger partial charge in [-0.1, -0.05) is 0 Å². The standard InChI is InChI=1S/C19H20F5N3O2/c20-12-6-14(22)13(21)5-11(12)15-4-10(8-28)16(7-26-15)27-3-1-2-19(25,9-27)17(29)18(23)24/h4-7,17-18,28-29H,1-3,8-9,25H2. The number of nitrogens with two attached hydrogens (primary N) is 1. The number of aromatic nitrogens is 1. The molecule has 4 N–H and O–H groups in total. The van der Waals surface area contributed by atoms with Crippen molar-refractivity contribution in [1.29, 1.82) is 0 Å². The summed E-state index contributed by atoms with van der Waals surface area (Å²) in [7, 11) is 0. The number of alkyl halides is 2. The molecule has 2 unspecified atom stereocenters. The lowest BCUT2D eigenvalue weighted by atomic mass is 9.84. The Kier molecular flexibility index (Phi) is 6.06. The third kappa shape index (κ3) is 4.19. The van der Waals surface area contributed by atoms with E-state index < -0.39 is 42.1 Å². The summed E-state index contributed by atoms with van der Waals surface area (Å²) < 4.78 is 66.6. The minimum Gasteiger partial charge on any atom is -0.392 e. The van der Waals surface area contributed by atoms with Gasteiger partial charge in [0.15, 0.2) is 11.6 Å². The van der Waals surface area contributed by atoms with Crippen LogP contribution in [0.15, 0.2) is 24.4 Å². The summed E-state index contributed by atoms with van der Waals surface area (Å²) in [6, 6.07) is 2.37. The van der Waals surface area contributed by atoms with E-state index in [9.17, 15) is 32.2 Å². The second-order valence-corrected chi connectivity index (χ2v) is 7.14. The van der Waals surface area contributed by atoms with Gasteiger partial charge in [0.25, 0.3) is 6.43 Å². The fourth-order valence-corrected chi connectivity index (χ4v) is 3.58. The largest absolute Gasteiger partial charge is 0.392 e. The van der Waals surface area contributed by atoms with Crippen LogP contribution in [0.3, 0.4) is 0 Å². The van der Waals surface area contributed by atoms with Gasteiger partial charge in [-0.05, 0) is 25.0 Å². The average Bonchev–Trinajstić information content (AvgIpc) is 2.69. The minimum atomic E-state index is -3.01. The summed E-state index contributed by atoms with van der Waals surface area (Å²) in [6.45, 7) is -0.184. The molecule has 3 rings (SSSR count). The van der Waals surface area contributed by atoms with Crippen LogP contribution in [-0.2, 0) is 6.61 Å². The van der Waals surface area contributed by atoms with Gasteiger partial charge in [0.2, 0.25) is 0 Å². The molecular formula is C19H20F5N3O2. The normalized spacial score (nSPS) is 20.9. The topological polar surface area (TPSA) is 82.6 Å². The molecule has 1 aliphatic heterocycles. The number of pyridine rings is 1. The number of anilines is 1. The maximum Gasteiger partial charge on any atom is 0.265 e. The molecule has 1 aromatic carbocycles. The van der Waals surface area contributed by atoms with Gasteiger partial charge in [-0.15, -0.1) is 0 Å². The second-order valence-electron chi connectivity index (χ2n) is 7.14. The Hall–Kier alpha value is -2.30. The molecule has 0 spiro atoms. The van der Waals surface area contributed by atoms with Crippen LogP contribution in [0, 0.1) is 17.5 Å². The van der Waals surface area contributed by atoms with E-state index in [0.29, 0.717) is 30.8 Å². The molecule has 10 heteroatoms. The number of hydrogen-bond donors (Lipinski definition) is 3. The smallest absolute Gasteiger partial charge is 0.265 e. The molecule has 0 saturated carbocycles. The molecule has 1 aromatic heterocycles. The Bertz CT molecular complexity index is 898. The highest BCUT2D eigenvalue weighted by atomic mass is 19.3. The zero-order chi connectivity index (χ0) is 21.3. The fourth-order valence-electron chi connectivity index (χ4n) is 3.58. The number of hydrogen-bond acceptors (Lipinski definition) is 5. The van der Waals surface area contributed by atoms with Gasteiger partial charge in [0.05, 0.1) is 29.7 Å². The molecule has 1 aliphatic rings. The first kappa shape index (κ1) is 21.4. The van der Waals surface area contributed by atoms with Gasteiger partial charge in [0.1, 0.15) is 11.9 Å². The molecule has 1 saturated heterocycles. The van der Waals surface area contributed by atoms with Crippen molar-refractivity contribution in [2.24, 2.45) is 5.73 Å². The van der Waals surface area contributed by atoms with Crippen LogP contribution < -0.4 is 10.6 Å². The van der Waals surface area contributed by atoms with Gasteiger partial charge in [-0.25, -0.2) is 22.0 Å². The lowest BCUT2D eigenvalue weighted by Crippen LogP contribution is -2.63. The van der Waals surface area contributed by atoms with Crippen LogP contribution >= 0.6 is 0 Å². The number of benzene rings is 1. The van der Waals surface area contributed by atoms with Crippen LogP contribution in [0.4, 0.5) is 27.6 Å². The maximum atomic E-state index is 14.0. The Morgan fingerprint density at radius 2 is 1.83 bits per heavy atom. The van der Waals surface area contributed by atoms with E-state index in [1.807, 2.05) is 0 Å². The molecule has 158 valence electrons. The van der Waals surface area contributed by atoms with Crippen LogP contribution in [0.25, 0.3) is 11.3 Å². The summed E-state index contributed by atoms with van der Waals surface area (Å²) in [5, 5.41) is 19.5. The molecule has 2 atom stereocenters. The van der Waals surface area contributed by atoms with Gasteiger partial charge in [-0.2, -0.15) is 0 Å². The summed E-state index contributed by atoms with van der Waals surface area (Å²) in [6.07, 6.45) is -3.14. The van der Waals surface area contributed by atoms with Crippen molar-refractivity contribution in [2.75, 3.05) is 18.0 Å². The van der Waals surface area contributed by atoms with Crippen molar-refractivity contribution in [3.63, 3.8) is 0 Å². The number of piperidine rings is 1. The van der Waals surface area contributed by atoms with Crippen molar-refractivity contribution in [2.45, 2.75) is 37.5 Å². The van der Waals surface area contributed by atoms with Crippen molar-refractivity contribution >= 4 is 5.69 Å².